The van der Waals surface area contributed by atoms with Crippen LogP contribution < -0.4 is 4.74 Å². The number of hydrogen-bond acceptors (Lipinski definition) is 3. The van der Waals surface area contributed by atoms with Crippen molar-refractivity contribution >= 4 is 11.8 Å². The standard InChI is InChI=1S/C17H15FN2OS/c1-21-15-8-6-14(7-9-15)20-11-10-19-17(20)22-12-13-4-2-3-5-16(13)18/h2-11H,12H2,1H3. The van der Waals surface area contributed by atoms with Crippen molar-refractivity contribution in [3.8, 4) is 11.4 Å². The molecule has 1 heterocycles. The van der Waals surface area contributed by atoms with E-state index in [4.69, 9.17) is 4.74 Å². The monoisotopic (exact) mass is 314 g/mol. The molecule has 0 fully saturated rings. The van der Waals surface area contributed by atoms with Gasteiger partial charge in [0.1, 0.15) is 11.6 Å². The van der Waals surface area contributed by atoms with E-state index in [1.165, 1.54) is 17.8 Å². The molecule has 1 aromatic heterocycles. The van der Waals surface area contributed by atoms with Gasteiger partial charge in [0.2, 0.25) is 0 Å². The molecule has 0 radical (unpaired) electrons. The molecule has 0 saturated heterocycles. The van der Waals surface area contributed by atoms with E-state index < -0.39 is 0 Å². The summed E-state index contributed by atoms with van der Waals surface area (Å²) in [7, 11) is 1.64. The van der Waals surface area contributed by atoms with Crippen molar-refractivity contribution in [3.05, 3.63) is 72.3 Å². The Morgan fingerprint density at radius 2 is 1.91 bits per heavy atom. The maximum absolute atomic E-state index is 13.7. The number of benzene rings is 2. The summed E-state index contributed by atoms with van der Waals surface area (Å²) in [5, 5.41) is 0.827. The van der Waals surface area contributed by atoms with Crippen LogP contribution in [0.3, 0.4) is 0 Å². The van der Waals surface area contributed by atoms with Gasteiger partial charge >= 0.3 is 0 Å². The lowest BCUT2D eigenvalue weighted by Gasteiger charge is -2.08. The normalized spacial score (nSPS) is 10.6. The maximum Gasteiger partial charge on any atom is 0.172 e. The Morgan fingerprint density at radius 1 is 1.14 bits per heavy atom. The van der Waals surface area contributed by atoms with Crippen molar-refractivity contribution in [3.63, 3.8) is 0 Å². The topological polar surface area (TPSA) is 27.1 Å². The van der Waals surface area contributed by atoms with E-state index >= 15 is 0 Å². The van der Waals surface area contributed by atoms with E-state index in [1.807, 2.05) is 41.1 Å². The molecule has 3 aromatic rings. The SMILES string of the molecule is COc1ccc(-n2ccnc2SCc2ccccc2F)cc1. The molecule has 22 heavy (non-hydrogen) atoms. The first kappa shape index (κ1) is 14.7. The first-order valence-corrected chi connectivity index (χ1v) is 7.80. The first-order valence-electron chi connectivity index (χ1n) is 6.82. The molecule has 0 bridgehead atoms. The summed E-state index contributed by atoms with van der Waals surface area (Å²) in [4.78, 5) is 4.35. The third-order valence-electron chi connectivity index (χ3n) is 3.27. The zero-order valence-corrected chi connectivity index (χ0v) is 12.9. The summed E-state index contributed by atoms with van der Waals surface area (Å²) in [5.41, 5.74) is 1.67. The maximum atomic E-state index is 13.7. The van der Waals surface area contributed by atoms with Gasteiger partial charge < -0.3 is 4.74 Å². The largest absolute Gasteiger partial charge is 0.497 e. The van der Waals surface area contributed by atoms with Gasteiger partial charge in [0.15, 0.2) is 5.16 Å². The van der Waals surface area contributed by atoms with Crippen LogP contribution in [0.25, 0.3) is 5.69 Å². The van der Waals surface area contributed by atoms with Crippen molar-refractivity contribution in [2.45, 2.75) is 10.9 Å². The minimum Gasteiger partial charge on any atom is -0.497 e. The van der Waals surface area contributed by atoms with E-state index in [2.05, 4.69) is 4.98 Å². The van der Waals surface area contributed by atoms with Crippen LogP contribution in [0.4, 0.5) is 4.39 Å². The molecule has 2 aromatic carbocycles. The molecule has 0 aliphatic heterocycles. The molecule has 0 aliphatic rings. The molecule has 0 unspecified atom stereocenters. The van der Waals surface area contributed by atoms with E-state index in [-0.39, 0.29) is 5.82 Å². The third-order valence-corrected chi connectivity index (χ3v) is 4.29. The molecule has 0 spiro atoms. The molecular formula is C17H15FN2OS. The number of imidazole rings is 1. The van der Waals surface area contributed by atoms with Gasteiger partial charge in [-0.25, -0.2) is 9.37 Å². The molecule has 5 heteroatoms. The Bertz CT molecular complexity index is 755. The lowest BCUT2D eigenvalue weighted by atomic mass is 10.2. The number of rotatable bonds is 5. The Hall–Kier alpha value is -2.27. The van der Waals surface area contributed by atoms with Gasteiger partial charge in [0.25, 0.3) is 0 Å². The predicted molar refractivity (Wildman–Crippen MR) is 86.1 cm³/mol. The summed E-state index contributed by atoms with van der Waals surface area (Å²) in [6.07, 6.45) is 3.64. The van der Waals surface area contributed by atoms with Gasteiger partial charge in [0, 0.05) is 23.8 Å². The highest BCUT2D eigenvalue weighted by Crippen LogP contribution is 2.25. The fraction of sp³-hybridized carbons (Fsp3) is 0.118. The van der Waals surface area contributed by atoms with Crippen LogP contribution in [0.2, 0.25) is 0 Å². The van der Waals surface area contributed by atoms with Crippen molar-refractivity contribution in [1.29, 1.82) is 0 Å². The lowest BCUT2D eigenvalue weighted by molar-refractivity contribution is 0.414. The fourth-order valence-electron chi connectivity index (χ4n) is 2.09. The molecule has 3 rings (SSSR count). The second-order valence-electron chi connectivity index (χ2n) is 4.66. The fourth-order valence-corrected chi connectivity index (χ4v) is 3.05. The van der Waals surface area contributed by atoms with Crippen molar-refractivity contribution in [1.82, 2.24) is 9.55 Å². The molecule has 0 N–H and O–H groups in total. The third kappa shape index (κ3) is 3.14. The number of nitrogens with zero attached hydrogens (tertiary/aromatic N) is 2. The van der Waals surface area contributed by atoms with E-state index in [1.54, 1.807) is 25.4 Å². The minimum atomic E-state index is -0.183. The van der Waals surface area contributed by atoms with E-state index in [9.17, 15) is 4.39 Å². The van der Waals surface area contributed by atoms with Gasteiger partial charge in [-0.15, -0.1) is 0 Å². The number of halogens is 1. The van der Waals surface area contributed by atoms with Gasteiger partial charge in [-0.1, -0.05) is 30.0 Å². The molecule has 0 amide bonds. The summed E-state index contributed by atoms with van der Waals surface area (Å²) >= 11 is 1.51. The van der Waals surface area contributed by atoms with Crippen molar-refractivity contribution < 1.29 is 9.13 Å². The molecule has 0 saturated carbocycles. The zero-order valence-electron chi connectivity index (χ0n) is 12.1. The van der Waals surface area contributed by atoms with Gasteiger partial charge in [-0.2, -0.15) is 0 Å². The highest BCUT2D eigenvalue weighted by Gasteiger charge is 2.08. The van der Waals surface area contributed by atoms with Gasteiger partial charge in [0.05, 0.1) is 7.11 Å². The highest BCUT2D eigenvalue weighted by atomic mass is 32.2. The smallest absolute Gasteiger partial charge is 0.172 e. The Balaban J connectivity index is 1.78. The van der Waals surface area contributed by atoms with Crippen LogP contribution in [0, 0.1) is 5.82 Å². The Kier molecular flexibility index (Phi) is 4.44. The second kappa shape index (κ2) is 6.66. The number of thioether (sulfide) groups is 1. The number of hydrogen-bond donors (Lipinski definition) is 0. The number of methoxy groups -OCH3 is 1. The predicted octanol–water partition coefficient (Wildman–Crippen LogP) is 4.31. The second-order valence-corrected chi connectivity index (χ2v) is 5.60. The van der Waals surface area contributed by atoms with Crippen LogP contribution in [-0.2, 0) is 5.75 Å². The summed E-state index contributed by atoms with van der Waals surface area (Å²) in [6, 6.07) is 14.5. The minimum absolute atomic E-state index is 0.183. The van der Waals surface area contributed by atoms with Crippen LogP contribution in [-0.4, -0.2) is 16.7 Å². The number of ether oxygens (including phenoxy) is 1. The van der Waals surface area contributed by atoms with E-state index in [0.717, 1.165) is 16.6 Å². The van der Waals surface area contributed by atoms with Crippen LogP contribution in [0.1, 0.15) is 5.56 Å². The number of aromatic nitrogens is 2. The molecular weight excluding hydrogens is 299 g/mol. The lowest BCUT2D eigenvalue weighted by Crippen LogP contribution is -1.96. The average molecular weight is 314 g/mol. The average Bonchev–Trinajstić information content (AvgIpc) is 3.03. The van der Waals surface area contributed by atoms with Crippen LogP contribution in [0.5, 0.6) is 5.75 Å². The molecule has 0 atom stereocenters. The van der Waals surface area contributed by atoms with Crippen molar-refractivity contribution in [2.24, 2.45) is 0 Å². The summed E-state index contributed by atoms with van der Waals surface area (Å²) < 4.78 is 20.8. The Morgan fingerprint density at radius 3 is 2.64 bits per heavy atom. The van der Waals surface area contributed by atoms with Gasteiger partial charge in [-0.3, -0.25) is 4.57 Å². The summed E-state index contributed by atoms with van der Waals surface area (Å²) in [5.74, 6) is 1.17. The van der Waals surface area contributed by atoms with Crippen molar-refractivity contribution in [2.75, 3.05) is 7.11 Å². The van der Waals surface area contributed by atoms with Crippen LogP contribution in [0.15, 0.2) is 66.1 Å². The molecule has 0 aliphatic carbocycles. The van der Waals surface area contributed by atoms with Gasteiger partial charge in [-0.05, 0) is 35.9 Å². The zero-order chi connectivity index (χ0) is 15.4. The first-order chi connectivity index (χ1) is 10.8. The quantitative estimate of drug-likeness (QED) is 0.657. The van der Waals surface area contributed by atoms with E-state index in [0.29, 0.717) is 11.3 Å². The Labute approximate surface area is 132 Å². The molecule has 112 valence electrons. The summed E-state index contributed by atoms with van der Waals surface area (Å²) in [6.45, 7) is 0. The molecule has 3 nitrogen and oxygen atoms in total. The van der Waals surface area contributed by atoms with Crippen LogP contribution >= 0.6 is 11.8 Å². The highest BCUT2D eigenvalue weighted by molar-refractivity contribution is 7.98.